The summed E-state index contributed by atoms with van der Waals surface area (Å²) >= 11 is 0. The van der Waals surface area contributed by atoms with Crippen molar-refractivity contribution in [2.24, 2.45) is 17.3 Å². The van der Waals surface area contributed by atoms with Gasteiger partial charge < -0.3 is 5.32 Å². The summed E-state index contributed by atoms with van der Waals surface area (Å²) in [5, 5.41) is 3.03. The molecule has 2 heteroatoms. The predicted octanol–water partition coefficient (Wildman–Crippen LogP) is 2.98. The first-order valence-electron chi connectivity index (χ1n) is 6.34. The van der Waals surface area contributed by atoms with Crippen LogP contribution in [0.3, 0.4) is 0 Å². The van der Waals surface area contributed by atoms with Crippen molar-refractivity contribution in [3.63, 3.8) is 0 Å². The van der Waals surface area contributed by atoms with E-state index in [0.29, 0.717) is 11.8 Å². The van der Waals surface area contributed by atoms with Gasteiger partial charge in [0.05, 0.1) is 5.41 Å². The molecule has 0 bridgehead atoms. The van der Waals surface area contributed by atoms with E-state index in [4.69, 9.17) is 0 Å². The van der Waals surface area contributed by atoms with Gasteiger partial charge >= 0.3 is 0 Å². The second kappa shape index (κ2) is 5.00. The van der Waals surface area contributed by atoms with E-state index in [9.17, 15) is 4.79 Å². The predicted molar refractivity (Wildman–Crippen MR) is 63.6 cm³/mol. The van der Waals surface area contributed by atoms with Gasteiger partial charge in [-0.05, 0) is 31.6 Å². The SMILES string of the molecule is CCNC(=O)C1(C(C)C)CCCCC1C. The Morgan fingerprint density at radius 1 is 1.47 bits per heavy atom. The topological polar surface area (TPSA) is 29.1 Å². The molecule has 1 amide bonds. The normalized spacial score (nSPS) is 31.7. The maximum Gasteiger partial charge on any atom is 0.226 e. The van der Waals surface area contributed by atoms with Crippen LogP contribution in [0.2, 0.25) is 0 Å². The van der Waals surface area contributed by atoms with Gasteiger partial charge in [0, 0.05) is 6.54 Å². The molecule has 1 N–H and O–H groups in total. The van der Waals surface area contributed by atoms with Crippen LogP contribution in [0.25, 0.3) is 0 Å². The van der Waals surface area contributed by atoms with E-state index in [-0.39, 0.29) is 11.3 Å². The molecule has 0 saturated heterocycles. The average molecular weight is 211 g/mol. The molecule has 0 heterocycles. The molecule has 2 atom stereocenters. The number of carbonyl (C=O) groups excluding carboxylic acids is 1. The van der Waals surface area contributed by atoms with Gasteiger partial charge in [0.2, 0.25) is 5.91 Å². The van der Waals surface area contributed by atoms with Crippen LogP contribution in [0.4, 0.5) is 0 Å². The monoisotopic (exact) mass is 211 g/mol. The molecular weight excluding hydrogens is 186 g/mol. The van der Waals surface area contributed by atoms with Gasteiger partial charge in [-0.1, -0.05) is 33.6 Å². The van der Waals surface area contributed by atoms with Crippen LogP contribution in [-0.4, -0.2) is 12.5 Å². The fourth-order valence-electron chi connectivity index (χ4n) is 3.15. The third kappa shape index (κ3) is 2.19. The molecule has 1 rings (SSSR count). The molecule has 2 unspecified atom stereocenters. The molecule has 1 fully saturated rings. The van der Waals surface area contributed by atoms with Crippen LogP contribution in [-0.2, 0) is 4.79 Å². The van der Waals surface area contributed by atoms with Crippen molar-refractivity contribution in [1.29, 1.82) is 0 Å². The summed E-state index contributed by atoms with van der Waals surface area (Å²) in [7, 11) is 0. The summed E-state index contributed by atoms with van der Waals surface area (Å²) in [6, 6.07) is 0. The highest BCUT2D eigenvalue weighted by molar-refractivity contribution is 5.83. The molecule has 1 aliphatic rings. The van der Waals surface area contributed by atoms with Crippen LogP contribution in [0.15, 0.2) is 0 Å². The fraction of sp³-hybridized carbons (Fsp3) is 0.923. The van der Waals surface area contributed by atoms with Crippen molar-refractivity contribution in [2.75, 3.05) is 6.54 Å². The molecular formula is C13H25NO. The number of amides is 1. The van der Waals surface area contributed by atoms with Crippen molar-refractivity contribution >= 4 is 5.91 Å². The molecule has 88 valence electrons. The number of hydrogen-bond acceptors (Lipinski definition) is 1. The van der Waals surface area contributed by atoms with E-state index in [2.05, 4.69) is 26.1 Å². The molecule has 0 spiro atoms. The van der Waals surface area contributed by atoms with Gasteiger partial charge in [0.25, 0.3) is 0 Å². The summed E-state index contributed by atoms with van der Waals surface area (Å²) in [4.78, 5) is 12.3. The minimum atomic E-state index is -0.103. The summed E-state index contributed by atoms with van der Waals surface area (Å²) in [5.74, 6) is 1.25. The van der Waals surface area contributed by atoms with Crippen LogP contribution in [0.5, 0.6) is 0 Å². The van der Waals surface area contributed by atoms with Gasteiger partial charge in [0.15, 0.2) is 0 Å². The van der Waals surface area contributed by atoms with E-state index in [1.54, 1.807) is 0 Å². The van der Waals surface area contributed by atoms with Crippen LogP contribution < -0.4 is 5.32 Å². The highest BCUT2D eigenvalue weighted by Crippen LogP contribution is 2.46. The summed E-state index contributed by atoms with van der Waals surface area (Å²) in [5.41, 5.74) is -0.103. The zero-order valence-corrected chi connectivity index (χ0v) is 10.6. The summed E-state index contributed by atoms with van der Waals surface area (Å²) < 4.78 is 0. The molecule has 0 aromatic rings. The third-order valence-corrected chi connectivity index (χ3v) is 4.15. The highest BCUT2D eigenvalue weighted by Gasteiger charge is 2.46. The van der Waals surface area contributed by atoms with E-state index in [1.165, 1.54) is 19.3 Å². The van der Waals surface area contributed by atoms with E-state index < -0.39 is 0 Å². The van der Waals surface area contributed by atoms with Crippen molar-refractivity contribution in [3.05, 3.63) is 0 Å². The Labute approximate surface area is 93.8 Å². The summed E-state index contributed by atoms with van der Waals surface area (Å²) in [6.07, 6.45) is 4.77. The largest absolute Gasteiger partial charge is 0.356 e. The number of nitrogens with one attached hydrogen (secondary N) is 1. The minimum Gasteiger partial charge on any atom is -0.356 e. The second-order valence-corrected chi connectivity index (χ2v) is 5.20. The molecule has 1 aliphatic carbocycles. The van der Waals surface area contributed by atoms with Gasteiger partial charge in [-0.15, -0.1) is 0 Å². The van der Waals surface area contributed by atoms with E-state index in [1.807, 2.05) is 6.92 Å². The lowest BCUT2D eigenvalue weighted by atomic mass is 9.60. The number of carbonyl (C=O) groups is 1. The lowest BCUT2D eigenvalue weighted by molar-refractivity contribution is -0.140. The van der Waals surface area contributed by atoms with Crippen LogP contribution in [0, 0.1) is 17.3 Å². The molecule has 15 heavy (non-hydrogen) atoms. The molecule has 1 saturated carbocycles. The Morgan fingerprint density at radius 2 is 2.13 bits per heavy atom. The van der Waals surface area contributed by atoms with Crippen molar-refractivity contribution in [1.82, 2.24) is 5.32 Å². The Balaban J connectivity index is 2.90. The number of hydrogen-bond donors (Lipinski definition) is 1. The molecule has 0 aromatic heterocycles. The Hall–Kier alpha value is -0.530. The fourth-order valence-corrected chi connectivity index (χ4v) is 3.15. The third-order valence-electron chi connectivity index (χ3n) is 4.15. The molecule has 0 aromatic carbocycles. The average Bonchev–Trinajstić information content (AvgIpc) is 2.18. The van der Waals surface area contributed by atoms with E-state index >= 15 is 0 Å². The zero-order valence-electron chi connectivity index (χ0n) is 10.6. The second-order valence-electron chi connectivity index (χ2n) is 5.20. The summed E-state index contributed by atoms with van der Waals surface area (Å²) in [6.45, 7) is 9.38. The van der Waals surface area contributed by atoms with E-state index in [0.717, 1.165) is 13.0 Å². The van der Waals surface area contributed by atoms with Crippen molar-refractivity contribution in [2.45, 2.75) is 53.4 Å². The Morgan fingerprint density at radius 3 is 2.60 bits per heavy atom. The maximum absolute atomic E-state index is 12.3. The highest BCUT2D eigenvalue weighted by atomic mass is 16.2. The maximum atomic E-state index is 12.3. The van der Waals surface area contributed by atoms with Gasteiger partial charge in [-0.2, -0.15) is 0 Å². The quantitative estimate of drug-likeness (QED) is 0.764. The smallest absolute Gasteiger partial charge is 0.226 e. The Bertz CT molecular complexity index is 225. The minimum absolute atomic E-state index is 0.103. The first kappa shape index (κ1) is 12.5. The first-order chi connectivity index (χ1) is 7.05. The molecule has 0 radical (unpaired) electrons. The lowest BCUT2D eigenvalue weighted by Gasteiger charge is -2.44. The van der Waals surface area contributed by atoms with Gasteiger partial charge in [0.1, 0.15) is 0 Å². The van der Waals surface area contributed by atoms with Gasteiger partial charge in [-0.25, -0.2) is 0 Å². The van der Waals surface area contributed by atoms with Gasteiger partial charge in [-0.3, -0.25) is 4.79 Å². The van der Waals surface area contributed by atoms with Crippen molar-refractivity contribution in [3.8, 4) is 0 Å². The molecule has 0 aliphatic heterocycles. The number of rotatable bonds is 3. The van der Waals surface area contributed by atoms with Crippen molar-refractivity contribution < 1.29 is 4.79 Å². The molecule has 2 nitrogen and oxygen atoms in total. The zero-order chi connectivity index (χ0) is 11.5. The Kier molecular flexibility index (Phi) is 4.18. The van der Waals surface area contributed by atoms with Crippen LogP contribution >= 0.6 is 0 Å². The standard InChI is InChI=1S/C13H25NO/c1-5-14-12(15)13(10(2)3)9-7-6-8-11(13)4/h10-11H,5-9H2,1-4H3,(H,14,15). The first-order valence-corrected chi connectivity index (χ1v) is 6.34. The lowest BCUT2D eigenvalue weighted by Crippen LogP contribution is -2.50. The van der Waals surface area contributed by atoms with Crippen LogP contribution in [0.1, 0.15) is 53.4 Å².